The van der Waals surface area contributed by atoms with Gasteiger partial charge in [-0.1, -0.05) is 32.9 Å². The van der Waals surface area contributed by atoms with Crippen molar-refractivity contribution in [1.29, 1.82) is 0 Å². The van der Waals surface area contributed by atoms with Crippen LogP contribution in [0.1, 0.15) is 32.0 Å². The van der Waals surface area contributed by atoms with Crippen LogP contribution in [0.15, 0.2) is 35.7 Å². The number of nitrogens with zero attached hydrogens (tertiary/aromatic N) is 1. The minimum Gasteiger partial charge on any atom is -0.399 e. The van der Waals surface area contributed by atoms with Crippen LogP contribution < -0.4 is 11.1 Å². The number of carbonyl (C=O) groups is 1. The van der Waals surface area contributed by atoms with Gasteiger partial charge in [0.1, 0.15) is 0 Å². The lowest BCUT2D eigenvalue weighted by Gasteiger charge is -2.14. The van der Waals surface area contributed by atoms with Gasteiger partial charge in [-0.05, 0) is 23.8 Å². The first-order valence-electron chi connectivity index (χ1n) is 6.65. The second-order valence-corrected chi connectivity index (χ2v) is 6.64. The van der Waals surface area contributed by atoms with Gasteiger partial charge in [-0.3, -0.25) is 10.1 Å². The molecule has 1 aromatic heterocycles. The van der Waals surface area contributed by atoms with Crippen LogP contribution in [-0.2, 0) is 10.2 Å². The SMILES string of the molecule is CC(C)(C)c1csc(NC(=O)/C=C/c2cccc(N)c2)n1. The lowest BCUT2D eigenvalue weighted by Crippen LogP contribution is -2.12. The summed E-state index contributed by atoms with van der Waals surface area (Å²) in [5, 5.41) is 5.35. The van der Waals surface area contributed by atoms with Gasteiger partial charge in [0.05, 0.1) is 5.69 Å². The van der Waals surface area contributed by atoms with E-state index in [4.69, 9.17) is 5.73 Å². The summed E-state index contributed by atoms with van der Waals surface area (Å²) in [6.45, 7) is 6.27. The Morgan fingerprint density at radius 1 is 1.38 bits per heavy atom. The van der Waals surface area contributed by atoms with Gasteiger partial charge >= 0.3 is 0 Å². The number of thiazole rings is 1. The van der Waals surface area contributed by atoms with Crippen molar-refractivity contribution >= 4 is 34.1 Å². The molecule has 1 aromatic carbocycles. The molecule has 1 heterocycles. The standard InChI is InChI=1S/C16H19N3OS/c1-16(2,3)13-10-21-15(18-13)19-14(20)8-7-11-5-4-6-12(17)9-11/h4-10H,17H2,1-3H3,(H,18,19,20)/b8-7+. The van der Waals surface area contributed by atoms with Crippen molar-refractivity contribution in [3.63, 3.8) is 0 Å². The molecule has 0 saturated heterocycles. The van der Waals surface area contributed by atoms with Crippen molar-refractivity contribution in [2.24, 2.45) is 0 Å². The Balaban J connectivity index is 2.00. The molecule has 0 aliphatic carbocycles. The Hall–Kier alpha value is -2.14. The summed E-state index contributed by atoms with van der Waals surface area (Å²) in [6.07, 6.45) is 3.21. The maximum absolute atomic E-state index is 11.9. The van der Waals surface area contributed by atoms with E-state index >= 15 is 0 Å². The summed E-state index contributed by atoms with van der Waals surface area (Å²) >= 11 is 1.43. The van der Waals surface area contributed by atoms with E-state index in [0.717, 1.165) is 11.3 Å². The molecule has 0 aliphatic rings. The molecular formula is C16H19N3OS. The quantitative estimate of drug-likeness (QED) is 0.671. The van der Waals surface area contributed by atoms with Crippen molar-refractivity contribution in [2.45, 2.75) is 26.2 Å². The van der Waals surface area contributed by atoms with Gasteiger partial charge in [0, 0.05) is 22.6 Å². The number of carbonyl (C=O) groups excluding carboxylic acids is 1. The fraction of sp³-hybridized carbons (Fsp3) is 0.250. The summed E-state index contributed by atoms with van der Waals surface area (Å²) in [6, 6.07) is 7.36. The molecule has 0 unspecified atom stereocenters. The molecule has 0 bridgehead atoms. The van der Waals surface area contributed by atoms with E-state index in [0.29, 0.717) is 10.8 Å². The van der Waals surface area contributed by atoms with Crippen molar-refractivity contribution < 1.29 is 4.79 Å². The fourth-order valence-electron chi connectivity index (χ4n) is 1.66. The molecule has 4 nitrogen and oxygen atoms in total. The number of nitrogen functional groups attached to an aromatic ring is 1. The number of hydrogen-bond acceptors (Lipinski definition) is 4. The predicted octanol–water partition coefficient (Wildman–Crippen LogP) is 3.67. The molecular weight excluding hydrogens is 282 g/mol. The Labute approximate surface area is 128 Å². The first-order valence-corrected chi connectivity index (χ1v) is 7.53. The number of hydrogen-bond donors (Lipinski definition) is 2. The highest BCUT2D eigenvalue weighted by Crippen LogP contribution is 2.26. The molecule has 110 valence electrons. The lowest BCUT2D eigenvalue weighted by atomic mass is 9.93. The number of benzene rings is 1. The molecule has 0 aliphatic heterocycles. The average Bonchev–Trinajstić information content (AvgIpc) is 2.85. The summed E-state index contributed by atoms with van der Waals surface area (Å²) in [5.41, 5.74) is 8.21. The number of nitrogens with one attached hydrogen (secondary N) is 1. The van der Waals surface area contributed by atoms with Crippen LogP contribution in [0, 0.1) is 0 Å². The van der Waals surface area contributed by atoms with Crippen LogP contribution in [0.5, 0.6) is 0 Å². The Kier molecular flexibility index (Phi) is 4.43. The predicted molar refractivity (Wildman–Crippen MR) is 89.3 cm³/mol. The van der Waals surface area contributed by atoms with Crippen LogP contribution in [0.25, 0.3) is 6.08 Å². The van der Waals surface area contributed by atoms with E-state index < -0.39 is 0 Å². The Morgan fingerprint density at radius 2 is 2.14 bits per heavy atom. The second kappa shape index (κ2) is 6.10. The minimum absolute atomic E-state index is 0.0170. The molecule has 0 radical (unpaired) electrons. The molecule has 0 atom stereocenters. The van der Waals surface area contributed by atoms with E-state index in [1.165, 1.54) is 17.4 Å². The van der Waals surface area contributed by atoms with Gasteiger partial charge in [-0.25, -0.2) is 4.98 Å². The Bertz CT molecular complexity index is 668. The van der Waals surface area contributed by atoms with Crippen molar-refractivity contribution in [3.8, 4) is 0 Å². The Morgan fingerprint density at radius 3 is 2.76 bits per heavy atom. The molecule has 1 amide bonds. The summed E-state index contributed by atoms with van der Waals surface area (Å²) in [7, 11) is 0. The number of amides is 1. The van der Waals surface area contributed by atoms with Gasteiger partial charge in [0.25, 0.3) is 0 Å². The van der Waals surface area contributed by atoms with Crippen molar-refractivity contribution in [2.75, 3.05) is 11.1 Å². The third kappa shape index (κ3) is 4.43. The number of nitrogens with two attached hydrogens (primary N) is 1. The van der Waals surface area contributed by atoms with Crippen LogP contribution in [0.3, 0.4) is 0 Å². The van der Waals surface area contributed by atoms with Crippen molar-refractivity contribution in [3.05, 3.63) is 47.0 Å². The molecule has 2 rings (SSSR count). The zero-order valence-corrected chi connectivity index (χ0v) is 13.2. The van der Waals surface area contributed by atoms with Crippen LogP contribution in [0.2, 0.25) is 0 Å². The summed E-state index contributed by atoms with van der Waals surface area (Å²) < 4.78 is 0. The monoisotopic (exact) mass is 301 g/mol. The highest BCUT2D eigenvalue weighted by Gasteiger charge is 2.17. The minimum atomic E-state index is -0.202. The van der Waals surface area contributed by atoms with Crippen LogP contribution in [0.4, 0.5) is 10.8 Å². The van der Waals surface area contributed by atoms with Gasteiger partial charge in [-0.2, -0.15) is 0 Å². The first-order chi connectivity index (χ1) is 9.84. The van der Waals surface area contributed by atoms with E-state index in [-0.39, 0.29) is 11.3 Å². The molecule has 5 heteroatoms. The number of anilines is 2. The summed E-state index contributed by atoms with van der Waals surface area (Å²) in [5.74, 6) is -0.202. The lowest BCUT2D eigenvalue weighted by molar-refractivity contribution is -0.111. The third-order valence-corrected chi connectivity index (χ3v) is 3.60. The van der Waals surface area contributed by atoms with Gasteiger partial charge in [0.15, 0.2) is 5.13 Å². The van der Waals surface area contributed by atoms with Gasteiger partial charge in [0.2, 0.25) is 5.91 Å². The maximum Gasteiger partial charge on any atom is 0.250 e. The van der Waals surface area contributed by atoms with E-state index in [1.54, 1.807) is 12.1 Å². The van der Waals surface area contributed by atoms with Crippen molar-refractivity contribution in [1.82, 2.24) is 4.98 Å². The molecule has 2 aromatic rings. The second-order valence-electron chi connectivity index (χ2n) is 5.78. The molecule has 0 saturated carbocycles. The van der Waals surface area contributed by atoms with Crippen LogP contribution in [-0.4, -0.2) is 10.9 Å². The first kappa shape index (κ1) is 15.3. The molecule has 21 heavy (non-hydrogen) atoms. The zero-order chi connectivity index (χ0) is 15.5. The van der Waals surface area contributed by atoms with E-state index in [9.17, 15) is 4.79 Å². The number of aromatic nitrogens is 1. The largest absolute Gasteiger partial charge is 0.399 e. The fourth-order valence-corrected chi connectivity index (χ4v) is 2.60. The third-order valence-electron chi connectivity index (χ3n) is 2.84. The average molecular weight is 301 g/mol. The van der Waals surface area contributed by atoms with Gasteiger partial charge < -0.3 is 5.73 Å². The van der Waals surface area contributed by atoms with E-state index in [1.807, 2.05) is 23.6 Å². The molecule has 3 N–H and O–H groups in total. The normalized spacial score (nSPS) is 11.8. The molecule has 0 fully saturated rings. The molecule has 0 spiro atoms. The highest BCUT2D eigenvalue weighted by molar-refractivity contribution is 7.14. The van der Waals surface area contributed by atoms with Crippen LogP contribution >= 0.6 is 11.3 Å². The maximum atomic E-state index is 11.9. The van der Waals surface area contributed by atoms with Gasteiger partial charge in [-0.15, -0.1) is 11.3 Å². The highest BCUT2D eigenvalue weighted by atomic mass is 32.1. The number of rotatable bonds is 3. The zero-order valence-electron chi connectivity index (χ0n) is 12.4. The summed E-state index contributed by atoms with van der Waals surface area (Å²) in [4.78, 5) is 16.3. The van der Waals surface area contributed by atoms with E-state index in [2.05, 4.69) is 31.1 Å². The smallest absolute Gasteiger partial charge is 0.250 e. The topological polar surface area (TPSA) is 68.0 Å².